The number of benzene rings is 1. The highest BCUT2D eigenvalue weighted by Gasteiger charge is 2.15. The zero-order valence-corrected chi connectivity index (χ0v) is 11.7. The molecule has 0 bridgehead atoms. The van der Waals surface area contributed by atoms with Crippen molar-refractivity contribution >= 4 is 33.9 Å². The van der Waals surface area contributed by atoms with Gasteiger partial charge in [0.1, 0.15) is 5.82 Å². The van der Waals surface area contributed by atoms with Crippen LogP contribution in [0.15, 0.2) is 29.6 Å². The third-order valence-corrected chi connectivity index (χ3v) is 4.52. The summed E-state index contributed by atoms with van der Waals surface area (Å²) in [6.07, 6.45) is 0. The average Bonchev–Trinajstić information content (AvgIpc) is 2.63. The van der Waals surface area contributed by atoms with Gasteiger partial charge in [-0.15, -0.1) is 11.3 Å². The van der Waals surface area contributed by atoms with Crippen molar-refractivity contribution in [2.45, 2.75) is 13.0 Å². The topological polar surface area (TPSA) is 26.0 Å². The van der Waals surface area contributed by atoms with Crippen molar-refractivity contribution in [2.24, 2.45) is 5.73 Å². The summed E-state index contributed by atoms with van der Waals surface area (Å²) in [7, 11) is 0. The molecular formula is C12H11FINS. The minimum atomic E-state index is -0.219. The van der Waals surface area contributed by atoms with Gasteiger partial charge in [0.2, 0.25) is 0 Å². The Bertz CT molecular complexity index is 509. The molecule has 0 radical (unpaired) electrons. The van der Waals surface area contributed by atoms with Crippen LogP contribution in [0, 0.1) is 16.3 Å². The van der Waals surface area contributed by atoms with Crippen LogP contribution in [-0.4, -0.2) is 0 Å². The van der Waals surface area contributed by atoms with E-state index in [1.54, 1.807) is 17.4 Å². The lowest BCUT2D eigenvalue weighted by Gasteiger charge is -2.13. The second kappa shape index (κ2) is 4.81. The number of aryl methyl sites for hydroxylation is 1. The van der Waals surface area contributed by atoms with Crippen LogP contribution in [0.5, 0.6) is 0 Å². The first-order valence-electron chi connectivity index (χ1n) is 4.84. The van der Waals surface area contributed by atoms with Crippen LogP contribution in [0.1, 0.15) is 22.0 Å². The Hall–Kier alpha value is -0.460. The molecule has 0 aliphatic rings. The SMILES string of the molecule is Cc1ccsc1C(N)c1ccc(F)cc1I. The fourth-order valence-corrected chi connectivity index (χ4v) is 3.36. The molecule has 1 heterocycles. The van der Waals surface area contributed by atoms with Crippen molar-refractivity contribution < 1.29 is 4.39 Å². The van der Waals surface area contributed by atoms with Crippen LogP contribution in [0.4, 0.5) is 4.39 Å². The molecule has 1 aromatic heterocycles. The lowest BCUT2D eigenvalue weighted by Crippen LogP contribution is -2.13. The minimum Gasteiger partial charge on any atom is -0.320 e. The summed E-state index contributed by atoms with van der Waals surface area (Å²) in [6, 6.07) is 6.63. The molecule has 16 heavy (non-hydrogen) atoms. The van der Waals surface area contributed by atoms with Crippen molar-refractivity contribution in [3.63, 3.8) is 0 Å². The van der Waals surface area contributed by atoms with E-state index >= 15 is 0 Å². The first-order valence-corrected chi connectivity index (χ1v) is 6.80. The van der Waals surface area contributed by atoms with E-state index in [1.165, 1.54) is 17.7 Å². The van der Waals surface area contributed by atoms with Crippen LogP contribution < -0.4 is 5.73 Å². The Labute approximate surface area is 112 Å². The van der Waals surface area contributed by atoms with Gasteiger partial charge in [0.05, 0.1) is 6.04 Å². The second-order valence-corrected chi connectivity index (χ2v) is 5.72. The van der Waals surface area contributed by atoms with Gasteiger partial charge in [0.25, 0.3) is 0 Å². The molecule has 0 aliphatic heterocycles. The number of thiophene rings is 1. The summed E-state index contributed by atoms with van der Waals surface area (Å²) in [4.78, 5) is 1.14. The molecule has 2 N–H and O–H groups in total. The van der Waals surface area contributed by atoms with E-state index < -0.39 is 0 Å². The number of rotatable bonds is 2. The quantitative estimate of drug-likeness (QED) is 0.821. The summed E-state index contributed by atoms with van der Waals surface area (Å²) < 4.78 is 13.9. The maximum Gasteiger partial charge on any atom is 0.124 e. The maximum atomic E-state index is 13.0. The lowest BCUT2D eigenvalue weighted by molar-refractivity contribution is 0.625. The smallest absolute Gasteiger partial charge is 0.124 e. The summed E-state index contributed by atoms with van der Waals surface area (Å²) >= 11 is 3.77. The first-order chi connectivity index (χ1) is 7.59. The number of nitrogens with two attached hydrogens (primary N) is 1. The molecule has 0 aliphatic carbocycles. The highest BCUT2D eigenvalue weighted by atomic mass is 127. The molecular weight excluding hydrogens is 336 g/mol. The summed E-state index contributed by atoms with van der Waals surface area (Å²) in [6.45, 7) is 2.04. The molecule has 0 fully saturated rings. The fourth-order valence-electron chi connectivity index (χ4n) is 1.60. The molecule has 0 spiro atoms. The third kappa shape index (κ3) is 2.28. The van der Waals surface area contributed by atoms with Gasteiger partial charge < -0.3 is 5.73 Å². The predicted molar refractivity (Wildman–Crippen MR) is 74.2 cm³/mol. The number of hydrogen-bond acceptors (Lipinski definition) is 2. The molecule has 1 nitrogen and oxygen atoms in total. The van der Waals surface area contributed by atoms with Gasteiger partial charge in [-0.05, 0) is 64.2 Å². The molecule has 84 valence electrons. The van der Waals surface area contributed by atoms with Crippen molar-refractivity contribution in [1.29, 1.82) is 0 Å². The number of halogens is 2. The first kappa shape index (κ1) is 12.0. The van der Waals surface area contributed by atoms with Gasteiger partial charge >= 0.3 is 0 Å². The van der Waals surface area contributed by atoms with Gasteiger partial charge in [-0.3, -0.25) is 0 Å². The minimum absolute atomic E-state index is 0.160. The van der Waals surface area contributed by atoms with E-state index in [0.717, 1.165) is 14.0 Å². The van der Waals surface area contributed by atoms with Crippen LogP contribution in [0.25, 0.3) is 0 Å². The zero-order chi connectivity index (χ0) is 11.7. The van der Waals surface area contributed by atoms with E-state index in [1.807, 2.05) is 12.3 Å². The van der Waals surface area contributed by atoms with Crippen molar-refractivity contribution in [1.82, 2.24) is 0 Å². The largest absolute Gasteiger partial charge is 0.320 e. The normalized spacial score (nSPS) is 12.8. The molecule has 2 aromatic rings. The van der Waals surface area contributed by atoms with E-state index in [2.05, 4.69) is 28.7 Å². The molecule has 1 aromatic carbocycles. The van der Waals surface area contributed by atoms with Crippen molar-refractivity contribution in [3.8, 4) is 0 Å². The summed E-state index contributed by atoms with van der Waals surface area (Å²) in [5, 5.41) is 2.03. The maximum absolute atomic E-state index is 13.0. The monoisotopic (exact) mass is 347 g/mol. The molecule has 2 rings (SSSR count). The van der Waals surface area contributed by atoms with E-state index in [0.29, 0.717) is 0 Å². The molecule has 1 atom stereocenters. The molecule has 1 unspecified atom stereocenters. The van der Waals surface area contributed by atoms with Crippen LogP contribution >= 0.6 is 33.9 Å². The summed E-state index contributed by atoms with van der Waals surface area (Å²) in [5.74, 6) is -0.219. The summed E-state index contributed by atoms with van der Waals surface area (Å²) in [5.41, 5.74) is 8.37. The van der Waals surface area contributed by atoms with Crippen LogP contribution in [0.3, 0.4) is 0 Å². The Morgan fingerprint density at radius 1 is 1.38 bits per heavy atom. The standard InChI is InChI=1S/C12H11FINS/c1-7-4-5-16-12(7)11(15)9-3-2-8(13)6-10(9)14/h2-6,11H,15H2,1H3. The highest BCUT2D eigenvalue weighted by Crippen LogP contribution is 2.30. The van der Waals surface area contributed by atoms with Gasteiger partial charge in [-0.25, -0.2) is 4.39 Å². The Balaban J connectivity index is 2.41. The molecule has 0 saturated heterocycles. The Kier molecular flexibility index (Phi) is 3.61. The van der Waals surface area contributed by atoms with Gasteiger partial charge in [0.15, 0.2) is 0 Å². The van der Waals surface area contributed by atoms with E-state index in [9.17, 15) is 4.39 Å². The molecule has 0 saturated carbocycles. The molecule has 0 amide bonds. The van der Waals surface area contributed by atoms with Crippen molar-refractivity contribution in [2.75, 3.05) is 0 Å². The predicted octanol–water partition coefficient (Wildman–Crippen LogP) is 3.85. The van der Waals surface area contributed by atoms with E-state index in [-0.39, 0.29) is 11.9 Å². The fraction of sp³-hybridized carbons (Fsp3) is 0.167. The average molecular weight is 347 g/mol. The van der Waals surface area contributed by atoms with Crippen LogP contribution in [-0.2, 0) is 0 Å². The molecule has 4 heteroatoms. The Morgan fingerprint density at radius 2 is 2.12 bits per heavy atom. The van der Waals surface area contributed by atoms with Crippen LogP contribution in [0.2, 0.25) is 0 Å². The Morgan fingerprint density at radius 3 is 2.69 bits per heavy atom. The highest BCUT2D eigenvalue weighted by molar-refractivity contribution is 14.1. The van der Waals surface area contributed by atoms with Gasteiger partial charge in [-0.2, -0.15) is 0 Å². The zero-order valence-electron chi connectivity index (χ0n) is 8.71. The third-order valence-electron chi connectivity index (χ3n) is 2.48. The van der Waals surface area contributed by atoms with Gasteiger partial charge in [0, 0.05) is 8.45 Å². The van der Waals surface area contributed by atoms with Gasteiger partial charge in [-0.1, -0.05) is 6.07 Å². The van der Waals surface area contributed by atoms with Crippen molar-refractivity contribution in [3.05, 3.63) is 55.0 Å². The number of hydrogen-bond donors (Lipinski definition) is 1. The second-order valence-electron chi connectivity index (χ2n) is 3.61. The van der Waals surface area contributed by atoms with E-state index in [4.69, 9.17) is 5.73 Å². The lowest BCUT2D eigenvalue weighted by atomic mass is 10.0.